The number of allylic oxidation sites excluding steroid dienone is 4. The van der Waals surface area contributed by atoms with Gasteiger partial charge in [0.15, 0.2) is 17.5 Å². The Hall–Kier alpha value is -7.21. The Morgan fingerprint density at radius 3 is 1.90 bits per heavy atom. The fraction of sp³-hybridized carbons (Fsp3) is 0.0377. The maximum Gasteiger partial charge on any atom is 0.165 e. The first-order chi connectivity index (χ1) is 28.7. The van der Waals surface area contributed by atoms with E-state index < -0.39 is 0 Å². The summed E-state index contributed by atoms with van der Waals surface area (Å²) in [6.45, 7) is 0. The van der Waals surface area contributed by atoms with Crippen LogP contribution in [-0.2, 0) is 0 Å². The van der Waals surface area contributed by atoms with Crippen LogP contribution in [0.5, 0.6) is 0 Å². The number of hydrogen-bond acceptors (Lipinski definition) is 4. The van der Waals surface area contributed by atoms with Gasteiger partial charge in [-0.3, -0.25) is 0 Å². The van der Waals surface area contributed by atoms with E-state index in [-0.39, 0.29) is 0 Å². The quantitative estimate of drug-likeness (QED) is 0.176. The van der Waals surface area contributed by atoms with Gasteiger partial charge in [-0.05, 0) is 87.5 Å². The van der Waals surface area contributed by atoms with Crippen LogP contribution in [0.2, 0.25) is 0 Å². The average molecular weight is 759 g/mol. The van der Waals surface area contributed by atoms with Crippen LogP contribution in [0.4, 0.5) is 0 Å². The van der Waals surface area contributed by atoms with Crippen LogP contribution in [0.1, 0.15) is 24.2 Å². The van der Waals surface area contributed by atoms with E-state index in [4.69, 9.17) is 15.0 Å². The maximum atomic E-state index is 5.36. The first-order valence-electron chi connectivity index (χ1n) is 19.8. The summed E-state index contributed by atoms with van der Waals surface area (Å²) in [6, 6.07) is 61.0. The topological polar surface area (TPSA) is 43.6 Å². The number of rotatable bonds is 5. The molecule has 0 aliphatic heterocycles. The van der Waals surface area contributed by atoms with Crippen molar-refractivity contribution in [3.63, 3.8) is 0 Å². The Labute approximate surface area is 338 Å². The molecule has 4 nitrogen and oxygen atoms in total. The second-order valence-electron chi connectivity index (χ2n) is 15.1. The third-order valence-corrected chi connectivity index (χ3v) is 13.0. The van der Waals surface area contributed by atoms with Crippen molar-refractivity contribution < 1.29 is 0 Å². The van der Waals surface area contributed by atoms with E-state index in [1.807, 2.05) is 11.3 Å². The van der Waals surface area contributed by atoms with Crippen molar-refractivity contribution in [1.29, 1.82) is 0 Å². The molecule has 8 aromatic carbocycles. The van der Waals surface area contributed by atoms with Gasteiger partial charge in [-0.2, -0.15) is 0 Å². The number of aromatic nitrogens is 4. The minimum Gasteiger partial charge on any atom is -0.309 e. The molecule has 58 heavy (non-hydrogen) atoms. The zero-order chi connectivity index (χ0) is 38.2. The summed E-state index contributed by atoms with van der Waals surface area (Å²) in [5, 5.41) is 9.67. The molecule has 0 N–H and O–H groups in total. The number of benzene rings is 8. The van der Waals surface area contributed by atoms with Crippen molar-refractivity contribution >= 4 is 86.0 Å². The van der Waals surface area contributed by atoms with Gasteiger partial charge < -0.3 is 4.57 Å². The highest BCUT2D eigenvalue weighted by Gasteiger charge is 2.23. The van der Waals surface area contributed by atoms with Crippen LogP contribution in [0.3, 0.4) is 0 Å². The lowest BCUT2D eigenvalue weighted by atomic mass is 9.93. The summed E-state index contributed by atoms with van der Waals surface area (Å²) in [5.41, 5.74) is 9.24. The number of fused-ring (bicyclic) bond motifs is 8. The highest BCUT2D eigenvalue weighted by Crippen LogP contribution is 2.45. The number of hydrogen-bond donors (Lipinski definition) is 0. The molecule has 0 atom stereocenters. The van der Waals surface area contributed by atoms with Crippen molar-refractivity contribution in [3.8, 4) is 28.5 Å². The SMILES string of the molecule is C1=C(c2ccccc2)CCC(c2nc(-c3cccc4ccccc34)nc(-c3ccc(-n4c5ccccc5c5cc6ccccc6cc54)c4c3sc3ccccc34)n2)=C1. The van der Waals surface area contributed by atoms with E-state index in [9.17, 15) is 0 Å². The number of para-hydroxylation sites is 1. The van der Waals surface area contributed by atoms with E-state index in [1.54, 1.807) is 0 Å². The summed E-state index contributed by atoms with van der Waals surface area (Å²) < 4.78 is 4.86. The lowest BCUT2D eigenvalue weighted by Gasteiger charge is -2.17. The van der Waals surface area contributed by atoms with Crippen LogP contribution >= 0.6 is 11.3 Å². The summed E-state index contributed by atoms with van der Waals surface area (Å²) in [5.74, 6) is 2.09. The first-order valence-corrected chi connectivity index (χ1v) is 20.6. The minimum absolute atomic E-state index is 0.683. The fourth-order valence-electron chi connectivity index (χ4n) is 8.98. The Morgan fingerprint density at radius 1 is 0.431 bits per heavy atom. The largest absolute Gasteiger partial charge is 0.309 e. The summed E-state index contributed by atoms with van der Waals surface area (Å²) in [7, 11) is 0. The molecule has 1 aliphatic carbocycles. The molecule has 5 heteroatoms. The zero-order valence-electron chi connectivity index (χ0n) is 31.4. The first kappa shape index (κ1) is 33.0. The number of thiophene rings is 1. The molecule has 0 fully saturated rings. The fourth-order valence-corrected chi connectivity index (χ4v) is 10.2. The molecule has 12 rings (SSSR count). The molecule has 0 spiro atoms. The Bertz CT molecular complexity index is 3510. The predicted octanol–water partition coefficient (Wildman–Crippen LogP) is 14.2. The highest BCUT2D eigenvalue weighted by molar-refractivity contribution is 7.26. The molecule has 3 aromatic heterocycles. The standard InChI is InChI=1S/C53H34N4S/c1-2-13-33(14-3-1)34-25-27-36(28-26-34)51-54-52(41-22-12-18-35-15-6-7-19-39(35)41)56-53(55-51)43-29-30-46(49-42-21-9-11-24-48(42)58-50(43)49)57-45-23-10-8-20-40(45)44-31-37-16-4-5-17-38(37)32-47(44)57/h1-25,27,29-32H,26,28H2. The lowest BCUT2D eigenvalue weighted by molar-refractivity contribution is 0.986. The van der Waals surface area contributed by atoms with E-state index in [2.05, 4.69) is 187 Å². The molecule has 0 radical (unpaired) electrons. The van der Waals surface area contributed by atoms with Gasteiger partial charge in [0.25, 0.3) is 0 Å². The van der Waals surface area contributed by atoms with E-state index in [0.717, 1.165) is 56.5 Å². The van der Waals surface area contributed by atoms with Crippen LogP contribution in [0.25, 0.3) is 103 Å². The van der Waals surface area contributed by atoms with Crippen LogP contribution in [0.15, 0.2) is 182 Å². The van der Waals surface area contributed by atoms with Gasteiger partial charge >= 0.3 is 0 Å². The third-order valence-electron chi connectivity index (χ3n) is 11.8. The normalized spacial score (nSPS) is 13.2. The number of nitrogens with zero attached hydrogens (tertiary/aromatic N) is 4. The van der Waals surface area contributed by atoms with Crippen molar-refractivity contribution in [2.45, 2.75) is 12.8 Å². The van der Waals surface area contributed by atoms with E-state index in [0.29, 0.717) is 11.6 Å². The second kappa shape index (κ2) is 13.2. The molecule has 0 bridgehead atoms. The van der Waals surface area contributed by atoms with Gasteiger partial charge in [-0.15, -0.1) is 11.3 Å². The smallest absolute Gasteiger partial charge is 0.165 e. The van der Waals surface area contributed by atoms with Crippen LogP contribution in [-0.4, -0.2) is 19.5 Å². The summed E-state index contributed by atoms with van der Waals surface area (Å²) in [4.78, 5) is 16.0. The van der Waals surface area contributed by atoms with Crippen molar-refractivity contribution in [2.75, 3.05) is 0 Å². The van der Waals surface area contributed by atoms with E-state index in [1.165, 1.54) is 59.2 Å². The van der Waals surface area contributed by atoms with Gasteiger partial charge in [-0.25, -0.2) is 15.0 Å². The molecule has 272 valence electrons. The summed E-state index contributed by atoms with van der Waals surface area (Å²) >= 11 is 1.81. The molecular weight excluding hydrogens is 725 g/mol. The Balaban J connectivity index is 1.12. The molecule has 0 saturated heterocycles. The zero-order valence-corrected chi connectivity index (χ0v) is 32.2. The Kier molecular flexibility index (Phi) is 7.50. The summed E-state index contributed by atoms with van der Waals surface area (Å²) in [6.07, 6.45) is 6.22. The van der Waals surface area contributed by atoms with Gasteiger partial charge in [0.1, 0.15) is 0 Å². The molecular formula is C53H34N4S. The second-order valence-corrected chi connectivity index (χ2v) is 16.1. The van der Waals surface area contributed by atoms with Gasteiger partial charge in [0.2, 0.25) is 0 Å². The predicted molar refractivity (Wildman–Crippen MR) is 245 cm³/mol. The molecule has 0 saturated carbocycles. The maximum absolute atomic E-state index is 5.36. The van der Waals surface area contributed by atoms with Crippen LogP contribution < -0.4 is 0 Å². The average Bonchev–Trinajstić information content (AvgIpc) is 3.84. The van der Waals surface area contributed by atoms with Crippen molar-refractivity contribution in [1.82, 2.24) is 19.5 Å². The molecule has 0 unspecified atom stereocenters. The third kappa shape index (κ3) is 5.24. The van der Waals surface area contributed by atoms with Gasteiger partial charge in [0, 0.05) is 42.1 Å². The van der Waals surface area contributed by atoms with Gasteiger partial charge in [0.05, 0.1) is 16.7 Å². The Morgan fingerprint density at radius 2 is 1.07 bits per heavy atom. The monoisotopic (exact) mass is 758 g/mol. The van der Waals surface area contributed by atoms with Crippen molar-refractivity contribution in [2.24, 2.45) is 0 Å². The van der Waals surface area contributed by atoms with E-state index >= 15 is 0 Å². The molecule has 0 amide bonds. The van der Waals surface area contributed by atoms with Crippen LogP contribution in [0, 0.1) is 0 Å². The molecule has 1 aliphatic rings. The molecule has 3 heterocycles. The lowest BCUT2D eigenvalue weighted by Crippen LogP contribution is -2.05. The minimum atomic E-state index is 0.683. The van der Waals surface area contributed by atoms with Gasteiger partial charge in [-0.1, -0.05) is 146 Å². The highest BCUT2D eigenvalue weighted by atomic mass is 32.1. The van der Waals surface area contributed by atoms with Crippen molar-refractivity contribution in [3.05, 3.63) is 193 Å². The molecule has 11 aromatic rings.